The number of nitrogens with zero attached hydrogens (tertiary/aromatic N) is 4. The molecule has 21 heavy (non-hydrogen) atoms. The van der Waals surface area contributed by atoms with Crippen LogP contribution in [-0.4, -0.2) is 52.6 Å². The van der Waals surface area contributed by atoms with Gasteiger partial charge in [-0.05, 0) is 52.2 Å². The van der Waals surface area contributed by atoms with Crippen molar-refractivity contribution in [1.29, 1.82) is 0 Å². The van der Waals surface area contributed by atoms with Gasteiger partial charge in [0.05, 0.1) is 6.10 Å². The van der Waals surface area contributed by atoms with Crippen molar-refractivity contribution in [3.8, 4) is 6.01 Å². The molecular weight excluding hydrogens is 268 g/mol. The minimum absolute atomic E-state index is 0.00560. The van der Waals surface area contributed by atoms with Crippen molar-refractivity contribution in [3.05, 3.63) is 0 Å². The topological polar surface area (TPSA) is 89.2 Å². The van der Waals surface area contributed by atoms with E-state index in [0.717, 1.165) is 32.5 Å². The first kappa shape index (κ1) is 15.8. The molecule has 1 aromatic rings. The number of hydrogen-bond acceptors (Lipinski definition) is 7. The van der Waals surface area contributed by atoms with Crippen molar-refractivity contribution < 1.29 is 4.74 Å². The fourth-order valence-electron chi connectivity index (χ4n) is 2.34. The van der Waals surface area contributed by atoms with E-state index in [9.17, 15) is 0 Å². The standard InChI is InChI=1S/C14H26N6O/c1-10(2)21-13-18-11(15)17-12(19-13)16-9-14(3)5-7-20(4)8-6-14/h10H,5-9H2,1-4H3,(H3,15,16,17,18,19). The molecule has 1 aliphatic rings. The Balaban J connectivity index is 1.97. The molecule has 2 heterocycles. The van der Waals surface area contributed by atoms with Crippen LogP contribution in [0.1, 0.15) is 33.6 Å². The second kappa shape index (κ2) is 6.43. The summed E-state index contributed by atoms with van der Waals surface area (Å²) in [5.74, 6) is 0.662. The summed E-state index contributed by atoms with van der Waals surface area (Å²) in [6, 6.07) is 0.272. The third-order valence-corrected chi connectivity index (χ3v) is 3.84. The minimum atomic E-state index is 0.00560. The highest BCUT2D eigenvalue weighted by molar-refractivity contribution is 5.32. The van der Waals surface area contributed by atoms with Gasteiger partial charge < -0.3 is 20.7 Å². The molecule has 0 unspecified atom stereocenters. The van der Waals surface area contributed by atoms with Crippen molar-refractivity contribution in [2.45, 2.75) is 39.7 Å². The van der Waals surface area contributed by atoms with Gasteiger partial charge in [-0.2, -0.15) is 15.0 Å². The van der Waals surface area contributed by atoms with Crippen molar-refractivity contribution in [3.63, 3.8) is 0 Å². The maximum atomic E-state index is 5.71. The van der Waals surface area contributed by atoms with Crippen LogP contribution in [-0.2, 0) is 0 Å². The van der Waals surface area contributed by atoms with Gasteiger partial charge in [0.15, 0.2) is 0 Å². The molecule has 0 aromatic carbocycles. The number of likely N-dealkylation sites (tertiary alicyclic amines) is 1. The second-order valence-electron chi connectivity index (χ2n) is 6.43. The summed E-state index contributed by atoms with van der Waals surface area (Å²) in [5.41, 5.74) is 5.96. The second-order valence-corrected chi connectivity index (χ2v) is 6.43. The molecule has 0 amide bonds. The van der Waals surface area contributed by atoms with E-state index >= 15 is 0 Å². The van der Waals surface area contributed by atoms with E-state index in [0.29, 0.717) is 5.95 Å². The molecule has 0 aliphatic carbocycles. The lowest BCUT2D eigenvalue weighted by Crippen LogP contribution is -2.40. The van der Waals surface area contributed by atoms with Crippen LogP contribution < -0.4 is 15.8 Å². The Labute approximate surface area is 126 Å². The molecule has 1 aromatic heterocycles. The van der Waals surface area contributed by atoms with Crippen LogP contribution in [0.4, 0.5) is 11.9 Å². The van der Waals surface area contributed by atoms with E-state index in [1.807, 2.05) is 13.8 Å². The number of hydrogen-bond donors (Lipinski definition) is 2. The number of rotatable bonds is 5. The number of anilines is 2. The summed E-state index contributed by atoms with van der Waals surface area (Å²) in [4.78, 5) is 14.7. The smallest absolute Gasteiger partial charge is 0.323 e. The third kappa shape index (κ3) is 4.70. The van der Waals surface area contributed by atoms with Gasteiger partial charge in [0.1, 0.15) is 0 Å². The molecule has 3 N–H and O–H groups in total. The van der Waals surface area contributed by atoms with Crippen LogP contribution >= 0.6 is 0 Å². The normalized spacial score (nSPS) is 18.7. The van der Waals surface area contributed by atoms with Gasteiger partial charge in [0, 0.05) is 6.54 Å². The highest BCUT2D eigenvalue weighted by Crippen LogP contribution is 2.30. The Morgan fingerprint density at radius 3 is 2.57 bits per heavy atom. The average molecular weight is 294 g/mol. The number of ether oxygens (including phenoxy) is 1. The van der Waals surface area contributed by atoms with Crippen molar-refractivity contribution in [1.82, 2.24) is 19.9 Å². The Bertz CT molecular complexity index is 471. The van der Waals surface area contributed by atoms with E-state index in [4.69, 9.17) is 10.5 Å². The summed E-state index contributed by atoms with van der Waals surface area (Å²) in [6.07, 6.45) is 2.32. The molecular formula is C14H26N6O. The van der Waals surface area contributed by atoms with Gasteiger partial charge >= 0.3 is 6.01 Å². The van der Waals surface area contributed by atoms with Gasteiger partial charge in [0.2, 0.25) is 11.9 Å². The van der Waals surface area contributed by atoms with E-state index < -0.39 is 0 Å². The zero-order valence-electron chi connectivity index (χ0n) is 13.4. The minimum Gasteiger partial charge on any atom is -0.461 e. The molecule has 1 aliphatic heterocycles. The molecule has 0 saturated carbocycles. The van der Waals surface area contributed by atoms with Crippen LogP contribution in [0.3, 0.4) is 0 Å². The van der Waals surface area contributed by atoms with Crippen LogP contribution in [0.5, 0.6) is 6.01 Å². The molecule has 2 rings (SSSR count). The first-order valence-electron chi connectivity index (χ1n) is 7.47. The number of aromatic nitrogens is 3. The molecule has 1 saturated heterocycles. The average Bonchev–Trinajstić information content (AvgIpc) is 2.39. The van der Waals surface area contributed by atoms with E-state index in [1.165, 1.54) is 0 Å². The summed E-state index contributed by atoms with van der Waals surface area (Å²) in [7, 11) is 2.16. The molecule has 1 fully saturated rings. The highest BCUT2D eigenvalue weighted by Gasteiger charge is 2.28. The molecule has 0 atom stereocenters. The quantitative estimate of drug-likeness (QED) is 0.848. The summed E-state index contributed by atoms with van der Waals surface area (Å²) < 4.78 is 5.48. The molecule has 0 spiro atoms. The number of nitrogens with two attached hydrogens (primary N) is 1. The lowest BCUT2D eigenvalue weighted by atomic mass is 9.80. The Morgan fingerprint density at radius 2 is 1.95 bits per heavy atom. The van der Waals surface area contributed by atoms with Crippen LogP contribution in [0, 0.1) is 5.41 Å². The maximum absolute atomic E-state index is 5.71. The number of nitrogens with one attached hydrogen (secondary N) is 1. The highest BCUT2D eigenvalue weighted by atomic mass is 16.5. The van der Waals surface area contributed by atoms with E-state index in [-0.39, 0.29) is 23.5 Å². The van der Waals surface area contributed by atoms with Gasteiger partial charge in [0.25, 0.3) is 0 Å². The van der Waals surface area contributed by atoms with Crippen molar-refractivity contribution in [2.75, 3.05) is 37.7 Å². The van der Waals surface area contributed by atoms with E-state index in [2.05, 4.69) is 39.1 Å². The van der Waals surface area contributed by atoms with Gasteiger partial charge in [-0.25, -0.2) is 0 Å². The predicted octanol–water partition coefficient (Wildman–Crippen LogP) is 1.38. The predicted molar refractivity (Wildman–Crippen MR) is 83.3 cm³/mol. The van der Waals surface area contributed by atoms with Gasteiger partial charge in [-0.1, -0.05) is 6.92 Å². The Hall–Kier alpha value is -1.63. The molecule has 0 radical (unpaired) electrons. The third-order valence-electron chi connectivity index (χ3n) is 3.84. The molecule has 118 valence electrons. The van der Waals surface area contributed by atoms with E-state index in [1.54, 1.807) is 0 Å². The fraction of sp³-hybridized carbons (Fsp3) is 0.786. The lowest BCUT2D eigenvalue weighted by Gasteiger charge is -2.37. The first-order chi connectivity index (χ1) is 9.86. The molecule has 7 heteroatoms. The Kier molecular flexibility index (Phi) is 4.82. The summed E-state index contributed by atoms with van der Waals surface area (Å²) in [6.45, 7) is 9.21. The summed E-state index contributed by atoms with van der Waals surface area (Å²) >= 11 is 0. The summed E-state index contributed by atoms with van der Waals surface area (Å²) in [5, 5.41) is 3.28. The lowest BCUT2D eigenvalue weighted by molar-refractivity contribution is 0.150. The fourth-order valence-corrected chi connectivity index (χ4v) is 2.34. The number of piperidine rings is 1. The zero-order valence-corrected chi connectivity index (χ0v) is 13.4. The van der Waals surface area contributed by atoms with Crippen molar-refractivity contribution >= 4 is 11.9 Å². The number of nitrogen functional groups attached to an aromatic ring is 1. The van der Waals surface area contributed by atoms with Gasteiger partial charge in [-0.15, -0.1) is 0 Å². The molecule has 0 bridgehead atoms. The maximum Gasteiger partial charge on any atom is 0.323 e. The van der Waals surface area contributed by atoms with Crippen LogP contribution in [0.2, 0.25) is 0 Å². The zero-order chi connectivity index (χ0) is 15.5. The Morgan fingerprint density at radius 1 is 1.29 bits per heavy atom. The largest absolute Gasteiger partial charge is 0.461 e. The van der Waals surface area contributed by atoms with Crippen LogP contribution in [0.15, 0.2) is 0 Å². The van der Waals surface area contributed by atoms with Crippen molar-refractivity contribution in [2.24, 2.45) is 5.41 Å². The first-order valence-corrected chi connectivity index (χ1v) is 7.47. The van der Waals surface area contributed by atoms with Gasteiger partial charge in [-0.3, -0.25) is 0 Å². The van der Waals surface area contributed by atoms with Crippen LogP contribution in [0.25, 0.3) is 0 Å². The SMILES string of the molecule is CC(C)Oc1nc(N)nc(NCC2(C)CCN(C)CC2)n1. The molecule has 7 nitrogen and oxygen atoms in total. The monoisotopic (exact) mass is 294 g/mol.